The molecule has 0 aliphatic heterocycles. The van der Waals surface area contributed by atoms with E-state index in [4.69, 9.17) is 87.3 Å². The summed E-state index contributed by atoms with van der Waals surface area (Å²) in [4.78, 5) is 72.2. The monoisotopic (exact) mass is 714 g/mol. The molecule has 0 aromatic heterocycles. The highest BCUT2D eigenvalue weighted by atomic mass is 16.4. The van der Waals surface area contributed by atoms with E-state index < -0.39 is 72.4 Å². The molecule has 0 heterocycles. The Bertz CT molecular complexity index is 1010. The van der Waals surface area contributed by atoms with Crippen molar-refractivity contribution in [3.8, 4) is 0 Å². The Morgan fingerprint density at radius 3 is 0.857 bits per heavy atom. The van der Waals surface area contributed by atoms with Gasteiger partial charge in [0.05, 0.1) is 12.8 Å². The van der Waals surface area contributed by atoms with Crippen LogP contribution >= 0.6 is 0 Å². The van der Waals surface area contributed by atoms with Gasteiger partial charge in [0.15, 0.2) is 23.5 Å². The van der Waals surface area contributed by atoms with Crippen LogP contribution in [0.25, 0.3) is 0 Å². The van der Waals surface area contributed by atoms with Crippen molar-refractivity contribution in [2.24, 2.45) is 66.6 Å². The second-order valence-electron chi connectivity index (χ2n) is 9.66. The van der Waals surface area contributed by atoms with E-state index in [9.17, 15) is 28.8 Å². The molecule has 0 spiro atoms. The van der Waals surface area contributed by atoms with Gasteiger partial charge in [-0.2, -0.15) is 0 Å². The minimum absolute atomic E-state index is 0.0129. The second kappa shape index (κ2) is 28.7. The van der Waals surface area contributed by atoms with Crippen molar-refractivity contribution >= 4 is 53.7 Å². The molecule has 25 N–H and O–H groups in total. The SMILES string of the molecule is NC(N)=NCCCC(N)C(=O)O.NC(N)=NCCCC(N)C(=O)O.NC(N)=NCCCC(N)C(=O)O.O=C(O)CC(O)(CC(=O)O)C(=O)O. The molecule has 0 fully saturated rings. The zero-order valence-corrected chi connectivity index (χ0v) is 26.6. The van der Waals surface area contributed by atoms with Crippen molar-refractivity contribution in [3.05, 3.63) is 0 Å². The topological polar surface area (TPSA) is 515 Å². The molecule has 25 heteroatoms. The van der Waals surface area contributed by atoms with Gasteiger partial charge >= 0.3 is 35.8 Å². The predicted octanol–water partition coefficient (Wildman–Crippen LogP) is -5.89. The van der Waals surface area contributed by atoms with Crippen molar-refractivity contribution in [3.63, 3.8) is 0 Å². The zero-order chi connectivity index (χ0) is 39.3. The molecule has 284 valence electrons. The van der Waals surface area contributed by atoms with Crippen LogP contribution < -0.4 is 51.6 Å². The molecule has 0 aliphatic rings. The Morgan fingerprint density at radius 1 is 0.490 bits per heavy atom. The molecule has 0 saturated heterocycles. The quantitative estimate of drug-likeness (QED) is 0.0317. The first kappa shape index (κ1) is 50.3. The average molecular weight is 715 g/mol. The van der Waals surface area contributed by atoms with Crippen LogP contribution in [-0.4, -0.2) is 133 Å². The Morgan fingerprint density at radius 2 is 0.714 bits per heavy atom. The minimum atomic E-state index is -2.74. The van der Waals surface area contributed by atoms with Crippen LogP contribution in [0.5, 0.6) is 0 Å². The lowest BCUT2D eigenvalue weighted by molar-refractivity contribution is -0.170. The van der Waals surface area contributed by atoms with Gasteiger partial charge in [-0.3, -0.25) is 38.9 Å². The van der Waals surface area contributed by atoms with Crippen LogP contribution in [0, 0.1) is 0 Å². The lowest BCUT2D eigenvalue weighted by Crippen LogP contribution is -2.42. The number of nitrogens with zero attached hydrogens (tertiary/aromatic N) is 3. The van der Waals surface area contributed by atoms with Crippen LogP contribution in [0.4, 0.5) is 0 Å². The number of carboxylic acids is 6. The van der Waals surface area contributed by atoms with Crippen LogP contribution in [0.3, 0.4) is 0 Å². The van der Waals surface area contributed by atoms with E-state index in [-0.39, 0.29) is 17.9 Å². The first-order valence-corrected chi connectivity index (χ1v) is 13.9. The number of hydrogen-bond acceptors (Lipinski definition) is 13. The summed E-state index contributed by atoms with van der Waals surface area (Å²) in [6.07, 6.45) is 0.579. The normalized spacial score (nSPS) is 11.8. The molecule has 3 unspecified atom stereocenters. The molecule has 0 aromatic rings. The lowest BCUT2D eigenvalue weighted by Gasteiger charge is -2.18. The fraction of sp³-hybridized carbons (Fsp3) is 0.625. The smallest absolute Gasteiger partial charge is 0.336 e. The van der Waals surface area contributed by atoms with Crippen molar-refractivity contribution in [1.82, 2.24) is 0 Å². The molecule has 3 atom stereocenters. The summed E-state index contributed by atoms with van der Waals surface area (Å²) in [6.45, 7) is 1.26. The predicted molar refractivity (Wildman–Crippen MR) is 174 cm³/mol. The zero-order valence-electron chi connectivity index (χ0n) is 26.6. The Hall–Kier alpha value is -5.53. The van der Waals surface area contributed by atoms with Crippen LogP contribution in [0.1, 0.15) is 51.4 Å². The fourth-order valence-corrected chi connectivity index (χ4v) is 2.64. The maximum Gasteiger partial charge on any atom is 0.336 e. The average Bonchev–Trinajstić information content (AvgIpc) is 2.94. The molecule has 49 heavy (non-hydrogen) atoms. The number of carbonyl (C=O) groups is 6. The molecule has 0 radical (unpaired) electrons. The number of aliphatic imine (C=N–C) groups is 3. The third-order valence-corrected chi connectivity index (χ3v) is 5.14. The van der Waals surface area contributed by atoms with Crippen LogP contribution in [0.2, 0.25) is 0 Å². The lowest BCUT2D eigenvalue weighted by atomic mass is 9.96. The third-order valence-electron chi connectivity index (χ3n) is 5.14. The Kier molecular flexibility index (Phi) is 29.5. The van der Waals surface area contributed by atoms with Gasteiger partial charge in [-0.25, -0.2) is 4.79 Å². The summed E-state index contributed by atoms with van der Waals surface area (Å²) >= 11 is 0. The largest absolute Gasteiger partial charge is 0.481 e. The number of guanidine groups is 3. The summed E-state index contributed by atoms with van der Waals surface area (Å²) < 4.78 is 0. The Labute approximate surface area is 279 Å². The van der Waals surface area contributed by atoms with E-state index in [1.807, 2.05) is 0 Å². The molecule has 0 aliphatic carbocycles. The van der Waals surface area contributed by atoms with Crippen LogP contribution in [0.15, 0.2) is 15.0 Å². The van der Waals surface area contributed by atoms with Gasteiger partial charge in [-0.1, -0.05) is 0 Å². The summed E-state index contributed by atoms with van der Waals surface area (Å²) in [6, 6.07) is -2.46. The molecule has 25 nitrogen and oxygen atoms in total. The standard InChI is InChI=1S/3C6H14N4O2.C6H8O7/c3*7-4(5(11)12)2-1-3-10-6(8)9;7-3(8)1-6(13,5(11)12)2-4(9)10/h3*4H,1-3,7H2,(H,11,12)(H4,8,9,10);13H,1-2H2,(H,7,8)(H,9,10)(H,11,12). The van der Waals surface area contributed by atoms with Gasteiger partial charge < -0.3 is 87.3 Å². The van der Waals surface area contributed by atoms with Crippen LogP contribution in [-0.2, 0) is 28.8 Å². The highest BCUT2D eigenvalue weighted by Crippen LogP contribution is 2.15. The highest BCUT2D eigenvalue weighted by molar-refractivity contribution is 5.88. The number of aliphatic carboxylic acids is 6. The number of aliphatic hydroxyl groups is 1. The van der Waals surface area contributed by atoms with E-state index in [2.05, 4.69) is 15.0 Å². The fourth-order valence-electron chi connectivity index (χ4n) is 2.64. The molecule has 0 aromatic carbocycles. The first-order chi connectivity index (χ1) is 22.4. The van der Waals surface area contributed by atoms with E-state index >= 15 is 0 Å². The molecular formula is C24H50N12O13. The molecule has 0 rings (SSSR count). The molecule has 0 amide bonds. The highest BCUT2D eigenvalue weighted by Gasteiger charge is 2.40. The number of carboxylic acid groups (broad SMARTS) is 6. The van der Waals surface area contributed by atoms with E-state index in [0.717, 1.165) is 0 Å². The first-order valence-electron chi connectivity index (χ1n) is 13.9. The summed E-state index contributed by atoms with van der Waals surface area (Å²) in [5, 5.41) is 59.0. The molecular weight excluding hydrogens is 664 g/mol. The van der Waals surface area contributed by atoms with Gasteiger partial charge in [-0.05, 0) is 38.5 Å². The van der Waals surface area contributed by atoms with Gasteiger partial charge in [0.1, 0.15) is 18.1 Å². The molecule has 0 bridgehead atoms. The van der Waals surface area contributed by atoms with Crippen molar-refractivity contribution in [1.29, 1.82) is 0 Å². The number of hydrogen-bond donors (Lipinski definition) is 16. The van der Waals surface area contributed by atoms with Crippen molar-refractivity contribution in [2.75, 3.05) is 19.6 Å². The summed E-state index contributed by atoms with van der Waals surface area (Å²) in [5.74, 6) is -7.98. The number of nitrogens with two attached hydrogens (primary N) is 9. The minimum Gasteiger partial charge on any atom is -0.481 e. The van der Waals surface area contributed by atoms with E-state index in [1.165, 1.54) is 0 Å². The van der Waals surface area contributed by atoms with Crippen molar-refractivity contribution < 1.29 is 64.5 Å². The number of rotatable bonds is 20. The maximum absolute atomic E-state index is 10.3. The van der Waals surface area contributed by atoms with Gasteiger partial charge in [0.2, 0.25) is 0 Å². The Balaban J connectivity index is -0.000000276. The van der Waals surface area contributed by atoms with E-state index in [1.54, 1.807) is 0 Å². The maximum atomic E-state index is 10.3. The van der Waals surface area contributed by atoms with E-state index in [0.29, 0.717) is 58.2 Å². The summed E-state index contributed by atoms with van der Waals surface area (Å²) in [5.41, 5.74) is 43.2. The third kappa shape index (κ3) is 36.8. The van der Waals surface area contributed by atoms with Crippen molar-refractivity contribution in [2.45, 2.75) is 75.1 Å². The van der Waals surface area contributed by atoms with Gasteiger partial charge in [0.25, 0.3) is 0 Å². The van der Waals surface area contributed by atoms with Gasteiger partial charge in [-0.15, -0.1) is 0 Å². The van der Waals surface area contributed by atoms with Gasteiger partial charge in [0, 0.05) is 19.6 Å². The summed E-state index contributed by atoms with van der Waals surface area (Å²) in [7, 11) is 0. The second-order valence-corrected chi connectivity index (χ2v) is 9.66. The molecule has 0 saturated carbocycles.